The molecule has 1 heterocycles. The number of nitrogens with zero attached hydrogens (tertiary/aromatic N) is 2. The first kappa shape index (κ1) is 24.0. The molecule has 9 heteroatoms. The van der Waals surface area contributed by atoms with Crippen molar-refractivity contribution in [2.24, 2.45) is 0 Å². The van der Waals surface area contributed by atoms with Gasteiger partial charge in [0.2, 0.25) is 21.8 Å². The lowest BCUT2D eigenvalue weighted by molar-refractivity contribution is -0.133. The van der Waals surface area contributed by atoms with Gasteiger partial charge >= 0.3 is 0 Å². The smallest absolute Gasteiger partial charge is 0.247 e. The fraction of sp³-hybridized carbons (Fsp3) is 0.636. The van der Waals surface area contributed by atoms with Crippen LogP contribution in [-0.2, 0) is 19.6 Å². The number of piperazine rings is 1. The lowest BCUT2D eigenvalue weighted by Crippen LogP contribution is -2.70. The zero-order valence-electron chi connectivity index (χ0n) is 18.3. The van der Waals surface area contributed by atoms with Crippen LogP contribution in [0.25, 0.3) is 0 Å². The van der Waals surface area contributed by atoms with Crippen LogP contribution in [-0.4, -0.2) is 55.0 Å². The first-order valence-electron chi connectivity index (χ1n) is 11.0. The Hall–Kier alpha value is -1.64. The summed E-state index contributed by atoms with van der Waals surface area (Å²) in [6, 6.07) is 6.72. The van der Waals surface area contributed by atoms with Crippen molar-refractivity contribution in [1.82, 2.24) is 9.62 Å². The number of benzene rings is 1. The minimum atomic E-state index is -3.63. The second-order valence-corrected chi connectivity index (χ2v) is 11.4. The number of hydrogen-bond acceptors (Lipinski definition) is 4. The van der Waals surface area contributed by atoms with Crippen LogP contribution in [0.3, 0.4) is 0 Å². The maximum Gasteiger partial charge on any atom is 0.247 e. The van der Waals surface area contributed by atoms with Gasteiger partial charge in [0.05, 0.1) is 12.3 Å². The van der Waals surface area contributed by atoms with E-state index in [4.69, 9.17) is 11.6 Å². The van der Waals surface area contributed by atoms with Crippen molar-refractivity contribution < 1.29 is 18.0 Å². The van der Waals surface area contributed by atoms with Gasteiger partial charge in [0.15, 0.2) is 0 Å². The summed E-state index contributed by atoms with van der Waals surface area (Å²) in [5.74, 6) is -0.875. The van der Waals surface area contributed by atoms with Gasteiger partial charge < -0.3 is 5.32 Å². The fourth-order valence-electron chi connectivity index (χ4n) is 4.48. The minimum Gasteiger partial charge on any atom is -0.351 e. The van der Waals surface area contributed by atoms with Crippen molar-refractivity contribution in [2.45, 2.75) is 70.4 Å². The number of anilines is 1. The third kappa shape index (κ3) is 5.41. The van der Waals surface area contributed by atoms with Gasteiger partial charge in [-0.05, 0) is 51.0 Å². The fourth-order valence-corrected chi connectivity index (χ4v) is 5.73. The molecule has 0 unspecified atom stereocenters. The largest absolute Gasteiger partial charge is 0.351 e. The summed E-state index contributed by atoms with van der Waals surface area (Å²) in [6.07, 6.45) is 7.43. The minimum absolute atomic E-state index is 0.0324. The maximum absolute atomic E-state index is 13.6. The van der Waals surface area contributed by atoms with Gasteiger partial charge in [0.25, 0.3) is 0 Å². The van der Waals surface area contributed by atoms with Crippen LogP contribution in [0.15, 0.2) is 24.3 Å². The number of hydrogen-bond donors (Lipinski definition) is 1. The molecule has 2 aliphatic rings. The van der Waals surface area contributed by atoms with Crippen molar-refractivity contribution in [3.63, 3.8) is 0 Å². The van der Waals surface area contributed by atoms with Crippen LogP contribution < -0.4 is 10.2 Å². The molecule has 3 rings (SSSR count). The predicted octanol–water partition coefficient (Wildman–Crippen LogP) is 3.33. The maximum atomic E-state index is 13.6. The van der Waals surface area contributed by atoms with Crippen molar-refractivity contribution in [2.75, 3.05) is 23.7 Å². The Labute approximate surface area is 190 Å². The average Bonchev–Trinajstić information content (AvgIpc) is 2.70. The molecular weight excluding hydrogens is 438 g/mol. The highest BCUT2D eigenvalue weighted by atomic mass is 35.5. The average molecular weight is 470 g/mol. The molecule has 172 valence electrons. The predicted molar refractivity (Wildman–Crippen MR) is 123 cm³/mol. The second kappa shape index (κ2) is 9.88. The highest BCUT2D eigenvalue weighted by molar-refractivity contribution is 7.89. The molecule has 0 aromatic heterocycles. The number of amides is 2. The van der Waals surface area contributed by atoms with Crippen LogP contribution in [0, 0.1) is 0 Å². The van der Waals surface area contributed by atoms with E-state index in [-0.39, 0.29) is 30.8 Å². The zero-order valence-corrected chi connectivity index (χ0v) is 19.8. The molecule has 2 amide bonds. The molecule has 2 fully saturated rings. The Morgan fingerprint density at radius 2 is 1.71 bits per heavy atom. The topological polar surface area (TPSA) is 86.8 Å². The molecule has 1 aromatic carbocycles. The molecule has 0 spiro atoms. The van der Waals surface area contributed by atoms with Crippen molar-refractivity contribution in [3.8, 4) is 0 Å². The number of carbonyl (C=O) groups is 2. The van der Waals surface area contributed by atoms with Crippen LogP contribution >= 0.6 is 11.6 Å². The third-order valence-electron chi connectivity index (χ3n) is 6.31. The number of nitrogens with one attached hydrogen (secondary N) is 1. The number of sulfonamides is 1. The van der Waals surface area contributed by atoms with E-state index in [2.05, 4.69) is 5.32 Å². The van der Waals surface area contributed by atoms with Gasteiger partial charge in [0.1, 0.15) is 5.54 Å². The van der Waals surface area contributed by atoms with E-state index < -0.39 is 21.5 Å². The summed E-state index contributed by atoms with van der Waals surface area (Å²) < 4.78 is 26.3. The molecule has 1 saturated heterocycles. The molecule has 1 aliphatic heterocycles. The first-order chi connectivity index (χ1) is 14.7. The van der Waals surface area contributed by atoms with Crippen LogP contribution in [0.2, 0.25) is 5.02 Å². The summed E-state index contributed by atoms with van der Waals surface area (Å²) in [4.78, 5) is 28.2. The van der Waals surface area contributed by atoms with E-state index in [1.54, 1.807) is 31.2 Å². The molecule has 1 atom stereocenters. The molecule has 1 saturated carbocycles. The third-order valence-corrected chi connectivity index (χ3v) is 8.34. The SMILES string of the molecule is CCS(=O)(=O)N1CC(=O)N(c2ccc(Cl)cc2)[C@](C)(C(=O)NC2CCCCCCC2)C1. The van der Waals surface area contributed by atoms with Gasteiger partial charge in [-0.2, -0.15) is 4.31 Å². The first-order valence-corrected chi connectivity index (χ1v) is 13.0. The van der Waals surface area contributed by atoms with Crippen LogP contribution in [0.4, 0.5) is 5.69 Å². The quantitative estimate of drug-likeness (QED) is 0.716. The van der Waals surface area contributed by atoms with Crippen LogP contribution in [0.1, 0.15) is 58.8 Å². The van der Waals surface area contributed by atoms with E-state index in [9.17, 15) is 18.0 Å². The Morgan fingerprint density at radius 1 is 1.13 bits per heavy atom. The van der Waals surface area contributed by atoms with E-state index in [1.807, 2.05) is 0 Å². The van der Waals surface area contributed by atoms with Crippen LogP contribution in [0.5, 0.6) is 0 Å². The zero-order chi connectivity index (χ0) is 22.6. The van der Waals surface area contributed by atoms with Gasteiger partial charge in [0, 0.05) is 23.3 Å². The summed E-state index contributed by atoms with van der Waals surface area (Å²) in [5, 5.41) is 3.66. The van der Waals surface area contributed by atoms with E-state index in [1.165, 1.54) is 18.2 Å². The Morgan fingerprint density at radius 3 is 2.29 bits per heavy atom. The molecule has 7 nitrogen and oxygen atoms in total. The van der Waals surface area contributed by atoms with Crippen molar-refractivity contribution in [1.29, 1.82) is 0 Å². The molecule has 1 N–H and O–H groups in total. The lowest BCUT2D eigenvalue weighted by Gasteiger charge is -2.47. The number of rotatable bonds is 5. The Balaban J connectivity index is 1.94. The summed E-state index contributed by atoms with van der Waals surface area (Å²) in [7, 11) is -3.63. The molecule has 31 heavy (non-hydrogen) atoms. The van der Waals surface area contributed by atoms with E-state index in [0.717, 1.165) is 42.8 Å². The molecule has 0 radical (unpaired) electrons. The summed E-state index contributed by atoms with van der Waals surface area (Å²) in [6.45, 7) is 2.81. The number of carbonyl (C=O) groups excluding carboxylic acids is 2. The van der Waals surface area contributed by atoms with Gasteiger partial charge in [-0.25, -0.2) is 8.42 Å². The summed E-state index contributed by atoms with van der Waals surface area (Å²) in [5.41, 5.74) is -0.841. The van der Waals surface area contributed by atoms with Gasteiger partial charge in [-0.15, -0.1) is 0 Å². The lowest BCUT2D eigenvalue weighted by atomic mass is 9.92. The number of halogens is 1. The second-order valence-electron chi connectivity index (χ2n) is 8.66. The summed E-state index contributed by atoms with van der Waals surface area (Å²) >= 11 is 6.01. The molecule has 0 bridgehead atoms. The van der Waals surface area contributed by atoms with Crippen molar-refractivity contribution >= 4 is 39.1 Å². The Kier molecular flexibility index (Phi) is 7.65. The molecule has 1 aliphatic carbocycles. The highest BCUT2D eigenvalue weighted by Crippen LogP contribution is 2.32. The normalized spacial score (nSPS) is 24.5. The standard InChI is InChI=1S/C22H32ClN3O4S/c1-3-31(29,30)25-15-20(27)26(19-13-11-17(23)12-14-19)22(2,16-25)21(28)24-18-9-7-5-4-6-8-10-18/h11-14,18H,3-10,15-16H2,1-2H3,(H,24,28)/t22-/m0/s1. The highest BCUT2D eigenvalue weighted by Gasteiger charge is 2.50. The van der Waals surface area contributed by atoms with Crippen molar-refractivity contribution in [3.05, 3.63) is 29.3 Å². The van der Waals surface area contributed by atoms with E-state index >= 15 is 0 Å². The van der Waals surface area contributed by atoms with Gasteiger partial charge in [-0.3, -0.25) is 14.5 Å². The monoisotopic (exact) mass is 469 g/mol. The molecular formula is C22H32ClN3O4S. The van der Waals surface area contributed by atoms with E-state index in [0.29, 0.717) is 10.7 Å². The molecule has 1 aromatic rings. The van der Waals surface area contributed by atoms with Gasteiger partial charge in [-0.1, -0.05) is 43.7 Å². The Bertz CT molecular complexity index is 898.